The van der Waals surface area contributed by atoms with Crippen molar-refractivity contribution in [2.45, 2.75) is 38.1 Å². The van der Waals surface area contributed by atoms with Gasteiger partial charge in [0.2, 0.25) is 5.91 Å². The van der Waals surface area contributed by atoms with E-state index in [4.69, 9.17) is 0 Å². The number of benzene rings is 1. The molecule has 1 atom stereocenters. The van der Waals surface area contributed by atoms with Crippen molar-refractivity contribution < 1.29 is 9.59 Å². The molecule has 0 radical (unpaired) electrons. The Labute approximate surface area is 148 Å². The predicted molar refractivity (Wildman–Crippen MR) is 98.2 cm³/mol. The lowest BCUT2D eigenvalue weighted by molar-refractivity contribution is -0.128. The second-order valence-corrected chi connectivity index (χ2v) is 7.36. The van der Waals surface area contributed by atoms with Crippen LogP contribution in [0.15, 0.2) is 29.2 Å². The first-order chi connectivity index (χ1) is 11.5. The molecule has 5 nitrogen and oxygen atoms in total. The lowest BCUT2D eigenvalue weighted by Crippen LogP contribution is -2.43. The van der Waals surface area contributed by atoms with Crippen LogP contribution in [0.3, 0.4) is 0 Å². The number of carbonyl (C=O) groups excluding carboxylic acids is 2. The molecule has 1 N–H and O–H groups in total. The monoisotopic (exact) mass is 349 g/mol. The van der Waals surface area contributed by atoms with Crippen LogP contribution in [0.2, 0.25) is 0 Å². The van der Waals surface area contributed by atoms with E-state index in [2.05, 4.69) is 36.5 Å². The van der Waals surface area contributed by atoms with Gasteiger partial charge >= 0.3 is 6.03 Å². The smallest absolute Gasteiger partial charge is 0.317 e. The van der Waals surface area contributed by atoms with Crippen LogP contribution in [0.1, 0.15) is 38.8 Å². The third-order valence-electron chi connectivity index (χ3n) is 4.26. The summed E-state index contributed by atoms with van der Waals surface area (Å²) in [6.07, 6.45) is 0.824. The molecule has 1 aromatic rings. The maximum absolute atomic E-state index is 12.5. The Hall–Kier alpha value is -1.69. The van der Waals surface area contributed by atoms with Gasteiger partial charge < -0.3 is 15.1 Å². The fourth-order valence-electron chi connectivity index (χ4n) is 2.81. The summed E-state index contributed by atoms with van der Waals surface area (Å²) in [6, 6.07) is 8.25. The lowest BCUT2D eigenvalue weighted by Gasteiger charge is -2.24. The summed E-state index contributed by atoms with van der Waals surface area (Å²) in [5.41, 5.74) is 1.10. The van der Waals surface area contributed by atoms with Gasteiger partial charge in [0.15, 0.2) is 0 Å². The summed E-state index contributed by atoms with van der Waals surface area (Å²) in [5, 5.41) is 3.07. The molecular weight excluding hydrogens is 322 g/mol. The Kier molecular flexibility index (Phi) is 6.97. The Morgan fingerprint density at radius 1 is 1.12 bits per heavy atom. The summed E-state index contributed by atoms with van der Waals surface area (Å²) in [7, 11) is 0. The average molecular weight is 350 g/mol. The zero-order valence-electron chi connectivity index (χ0n) is 14.7. The maximum Gasteiger partial charge on any atom is 0.317 e. The fraction of sp³-hybridized carbons (Fsp3) is 0.556. The SMILES string of the molecule is CCSc1ccc(C(C)NC(=O)N2CCCN(C(C)=O)CC2)cc1. The van der Waals surface area contributed by atoms with Crippen molar-refractivity contribution in [3.8, 4) is 0 Å². The normalized spacial score (nSPS) is 16.5. The van der Waals surface area contributed by atoms with Crippen LogP contribution in [-0.2, 0) is 4.79 Å². The van der Waals surface area contributed by atoms with Crippen LogP contribution in [0.5, 0.6) is 0 Å². The Bertz CT molecular complexity index is 562. The number of urea groups is 1. The van der Waals surface area contributed by atoms with Crippen molar-refractivity contribution in [1.29, 1.82) is 0 Å². The first-order valence-electron chi connectivity index (χ1n) is 8.55. The van der Waals surface area contributed by atoms with Crippen LogP contribution in [0.4, 0.5) is 4.79 Å². The van der Waals surface area contributed by atoms with Crippen molar-refractivity contribution in [2.75, 3.05) is 31.9 Å². The highest BCUT2D eigenvalue weighted by molar-refractivity contribution is 7.99. The molecule has 2 rings (SSSR count). The lowest BCUT2D eigenvalue weighted by atomic mass is 10.1. The zero-order valence-corrected chi connectivity index (χ0v) is 15.6. The van der Waals surface area contributed by atoms with Crippen LogP contribution < -0.4 is 5.32 Å². The summed E-state index contributed by atoms with van der Waals surface area (Å²) in [4.78, 5) is 28.8. The molecule has 1 heterocycles. The summed E-state index contributed by atoms with van der Waals surface area (Å²) >= 11 is 1.81. The Morgan fingerprint density at radius 2 is 1.75 bits per heavy atom. The first-order valence-corrected chi connectivity index (χ1v) is 9.53. The number of nitrogens with zero attached hydrogens (tertiary/aromatic N) is 2. The van der Waals surface area contributed by atoms with E-state index in [0.29, 0.717) is 19.6 Å². The number of rotatable bonds is 4. The highest BCUT2D eigenvalue weighted by Crippen LogP contribution is 2.21. The van der Waals surface area contributed by atoms with Crippen LogP contribution >= 0.6 is 11.8 Å². The minimum absolute atomic E-state index is 0.0367. The van der Waals surface area contributed by atoms with Gasteiger partial charge in [-0.25, -0.2) is 4.79 Å². The van der Waals surface area contributed by atoms with Gasteiger partial charge in [-0.1, -0.05) is 19.1 Å². The molecule has 1 unspecified atom stereocenters. The molecule has 0 bridgehead atoms. The van der Waals surface area contributed by atoms with Crippen molar-refractivity contribution in [1.82, 2.24) is 15.1 Å². The van der Waals surface area contributed by atoms with Crippen molar-refractivity contribution in [3.05, 3.63) is 29.8 Å². The minimum Gasteiger partial charge on any atom is -0.341 e. The quantitative estimate of drug-likeness (QED) is 0.850. The van der Waals surface area contributed by atoms with Gasteiger partial charge in [0, 0.05) is 38.0 Å². The van der Waals surface area contributed by atoms with Gasteiger partial charge in [-0.05, 0) is 36.8 Å². The third kappa shape index (κ3) is 5.16. The molecule has 1 fully saturated rings. The van der Waals surface area contributed by atoms with E-state index < -0.39 is 0 Å². The van der Waals surface area contributed by atoms with Crippen LogP contribution in [-0.4, -0.2) is 53.7 Å². The summed E-state index contributed by atoms with van der Waals surface area (Å²) < 4.78 is 0. The van der Waals surface area contributed by atoms with E-state index in [1.54, 1.807) is 16.7 Å². The molecule has 24 heavy (non-hydrogen) atoms. The molecule has 1 aliphatic rings. The molecule has 0 aromatic heterocycles. The van der Waals surface area contributed by atoms with Crippen LogP contribution in [0.25, 0.3) is 0 Å². The molecule has 0 saturated carbocycles. The van der Waals surface area contributed by atoms with Gasteiger partial charge in [0.05, 0.1) is 6.04 Å². The van der Waals surface area contributed by atoms with Gasteiger partial charge in [0.25, 0.3) is 0 Å². The van der Waals surface area contributed by atoms with E-state index in [1.165, 1.54) is 4.90 Å². The highest BCUT2D eigenvalue weighted by atomic mass is 32.2. The highest BCUT2D eigenvalue weighted by Gasteiger charge is 2.21. The van der Waals surface area contributed by atoms with Crippen molar-refractivity contribution >= 4 is 23.7 Å². The van der Waals surface area contributed by atoms with E-state index in [-0.39, 0.29) is 18.0 Å². The zero-order chi connectivity index (χ0) is 17.5. The molecule has 3 amide bonds. The summed E-state index contributed by atoms with van der Waals surface area (Å²) in [6.45, 7) is 8.33. The fourth-order valence-corrected chi connectivity index (χ4v) is 3.48. The topological polar surface area (TPSA) is 52.7 Å². The molecular formula is C18H27N3O2S. The van der Waals surface area contributed by atoms with Crippen LogP contribution in [0, 0.1) is 0 Å². The second kappa shape index (κ2) is 8.97. The third-order valence-corrected chi connectivity index (χ3v) is 5.15. The minimum atomic E-state index is -0.0556. The van der Waals surface area contributed by atoms with Crippen molar-refractivity contribution in [2.24, 2.45) is 0 Å². The Balaban J connectivity index is 1.89. The van der Waals surface area contributed by atoms with E-state index in [0.717, 1.165) is 24.3 Å². The average Bonchev–Trinajstić information content (AvgIpc) is 2.82. The number of hydrogen-bond donors (Lipinski definition) is 1. The second-order valence-electron chi connectivity index (χ2n) is 6.02. The predicted octanol–water partition coefficient (Wildman–Crippen LogP) is 3.12. The van der Waals surface area contributed by atoms with E-state index in [9.17, 15) is 9.59 Å². The van der Waals surface area contributed by atoms with E-state index >= 15 is 0 Å². The molecule has 1 aromatic carbocycles. The van der Waals surface area contributed by atoms with Gasteiger partial charge in [-0.2, -0.15) is 0 Å². The summed E-state index contributed by atoms with van der Waals surface area (Å²) in [5.74, 6) is 1.13. The number of amides is 3. The number of hydrogen-bond acceptors (Lipinski definition) is 3. The molecule has 0 spiro atoms. The van der Waals surface area contributed by atoms with Gasteiger partial charge in [-0.3, -0.25) is 4.79 Å². The van der Waals surface area contributed by atoms with Gasteiger partial charge in [-0.15, -0.1) is 11.8 Å². The standard InChI is InChI=1S/C18H27N3O2S/c1-4-24-17-8-6-16(7-9-17)14(2)19-18(23)21-11-5-10-20(12-13-21)15(3)22/h6-9,14H,4-5,10-13H2,1-3H3,(H,19,23). The molecule has 1 aliphatic heterocycles. The van der Waals surface area contributed by atoms with E-state index in [1.807, 2.05) is 18.7 Å². The molecule has 1 saturated heterocycles. The first kappa shape index (κ1) is 18.6. The number of nitrogens with one attached hydrogen (secondary N) is 1. The number of thioether (sulfide) groups is 1. The van der Waals surface area contributed by atoms with Gasteiger partial charge in [0.1, 0.15) is 0 Å². The Morgan fingerprint density at radius 3 is 2.38 bits per heavy atom. The molecule has 132 valence electrons. The molecule has 6 heteroatoms. The molecule has 0 aliphatic carbocycles. The largest absolute Gasteiger partial charge is 0.341 e. The maximum atomic E-state index is 12.5. The van der Waals surface area contributed by atoms with Crippen molar-refractivity contribution in [3.63, 3.8) is 0 Å². The number of carbonyl (C=O) groups is 2.